The van der Waals surface area contributed by atoms with Crippen LogP contribution in [0, 0.1) is 13.8 Å². The Labute approximate surface area is 195 Å². The summed E-state index contributed by atoms with van der Waals surface area (Å²) in [6.45, 7) is 10.5. The van der Waals surface area contributed by atoms with E-state index >= 15 is 0 Å². The van der Waals surface area contributed by atoms with Crippen molar-refractivity contribution in [2.45, 2.75) is 27.2 Å². The number of methoxy groups -OCH3 is 1. The molecule has 1 aliphatic heterocycles. The second-order valence-electron chi connectivity index (χ2n) is 7.71. The van der Waals surface area contributed by atoms with Crippen LogP contribution >= 0.6 is 11.8 Å². The van der Waals surface area contributed by atoms with E-state index in [-0.39, 0.29) is 5.91 Å². The lowest BCUT2D eigenvalue weighted by Crippen LogP contribution is -2.26. The molecule has 3 rings (SSSR count). The van der Waals surface area contributed by atoms with Gasteiger partial charge in [0.2, 0.25) is 0 Å². The maximum Gasteiger partial charge on any atom is 0.258 e. The highest BCUT2D eigenvalue weighted by molar-refractivity contribution is 8.12. The lowest BCUT2D eigenvalue weighted by Gasteiger charge is -2.16. The zero-order valence-corrected chi connectivity index (χ0v) is 19.9. The molecule has 0 aromatic heterocycles. The molecule has 0 atom stereocenters. The van der Waals surface area contributed by atoms with Crippen LogP contribution in [0.4, 0.5) is 0 Å². The van der Waals surface area contributed by atoms with Gasteiger partial charge in [0.25, 0.3) is 5.91 Å². The predicted octanol–water partition coefficient (Wildman–Crippen LogP) is 6.60. The molecule has 2 aromatic rings. The molecule has 0 saturated heterocycles. The van der Waals surface area contributed by atoms with Crippen molar-refractivity contribution < 1.29 is 9.53 Å². The summed E-state index contributed by atoms with van der Waals surface area (Å²) in [5.41, 5.74) is 9.88. The highest BCUT2D eigenvalue weighted by Gasteiger charge is 2.18. The van der Waals surface area contributed by atoms with Crippen LogP contribution in [0.15, 0.2) is 83.5 Å². The van der Waals surface area contributed by atoms with E-state index in [1.807, 2.05) is 37.3 Å². The zero-order chi connectivity index (χ0) is 23.1. The van der Waals surface area contributed by atoms with Gasteiger partial charge in [-0.1, -0.05) is 66.4 Å². The number of hydrogen-bond acceptors (Lipinski definition) is 3. The minimum absolute atomic E-state index is 0.0600. The standard InChI is InChI=1S/C28H29NO2S/c1-6-7-22(25-18-24(31-5)14-10-20(25)3)16-17-29-28(30)27-21(4)11-15-26(32-27)23-12-8-19(2)9-13-23/h6-14,18H,1,16-17H2,2-5H3,(H,29,30)/b22-7-. The summed E-state index contributed by atoms with van der Waals surface area (Å²) in [6.07, 6.45) is 6.36. The summed E-state index contributed by atoms with van der Waals surface area (Å²) >= 11 is 1.47. The fourth-order valence-electron chi connectivity index (χ4n) is 3.44. The van der Waals surface area contributed by atoms with Crippen LogP contribution in [-0.4, -0.2) is 19.6 Å². The number of thioether (sulfide) groups is 1. The summed E-state index contributed by atoms with van der Waals surface area (Å²) in [7, 11) is 1.66. The van der Waals surface area contributed by atoms with Gasteiger partial charge in [-0.3, -0.25) is 4.79 Å². The number of aryl methyl sites for hydroxylation is 2. The fraction of sp³-hybridized carbons (Fsp3) is 0.214. The minimum Gasteiger partial charge on any atom is -0.497 e. The van der Waals surface area contributed by atoms with Gasteiger partial charge in [-0.25, -0.2) is 0 Å². The minimum atomic E-state index is -0.0600. The van der Waals surface area contributed by atoms with E-state index < -0.39 is 0 Å². The Bertz CT molecular complexity index is 1150. The molecule has 0 aliphatic carbocycles. The first-order valence-electron chi connectivity index (χ1n) is 10.6. The van der Waals surface area contributed by atoms with Crippen molar-refractivity contribution in [2.24, 2.45) is 0 Å². The molecule has 0 unspecified atom stereocenters. The maximum absolute atomic E-state index is 13.0. The number of carbonyl (C=O) groups is 1. The van der Waals surface area contributed by atoms with E-state index in [1.165, 1.54) is 17.3 Å². The van der Waals surface area contributed by atoms with E-state index in [2.05, 4.69) is 55.7 Å². The number of amides is 1. The van der Waals surface area contributed by atoms with Gasteiger partial charge in [-0.05, 0) is 73.2 Å². The third-order valence-electron chi connectivity index (χ3n) is 5.29. The number of nitrogens with one attached hydrogen (secondary N) is 1. The van der Waals surface area contributed by atoms with Gasteiger partial charge in [-0.2, -0.15) is 0 Å². The Hall–Kier alpha value is -3.20. The second-order valence-corrected chi connectivity index (χ2v) is 8.73. The molecule has 0 saturated carbocycles. The second kappa shape index (κ2) is 10.9. The lowest BCUT2D eigenvalue weighted by atomic mass is 9.97. The third kappa shape index (κ3) is 5.73. The molecule has 2 aromatic carbocycles. The number of rotatable bonds is 8. The molecular formula is C28H29NO2S. The quantitative estimate of drug-likeness (QED) is 0.369. The average Bonchev–Trinajstić information content (AvgIpc) is 2.80. The van der Waals surface area contributed by atoms with Crippen LogP contribution in [0.3, 0.4) is 0 Å². The van der Waals surface area contributed by atoms with Crippen molar-refractivity contribution in [3.63, 3.8) is 0 Å². The number of benzene rings is 2. The first kappa shape index (κ1) is 23.5. The van der Waals surface area contributed by atoms with Gasteiger partial charge >= 0.3 is 0 Å². The Morgan fingerprint density at radius 2 is 1.91 bits per heavy atom. The van der Waals surface area contributed by atoms with Crippen molar-refractivity contribution in [1.29, 1.82) is 0 Å². The Morgan fingerprint density at radius 1 is 1.16 bits per heavy atom. The molecule has 3 nitrogen and oxygen atoms in total. The number of ether oxygens (including phenoxy) is 1. The van der Waals surface area contributed by atoms with Crippen LogP contribution in [0.5, 0.6) is 5.75 Å². The number of allylic oxidation sites excluding steroid dienone is 4. The molecule has 0 radical (unpaired) electrons. The predicted molar refractivity (Wildman–Crippen MR) is 136 cm³/mol. The van der Waals surface area contributed by atoms with Crippen molar-refractivity contribution >= 4 is 28.1 Å². The first-order chi connectivity index (χ1) is 15.4. The first-order valence-corrected chi connectivity index (χ1v) is 11.4. The Balaban J connectivity index is 1.67. The summed E-state index contributed by atoms with van der Waals surface area (Å²) < 4.78 is 5.38. The molecular weight excluding hydrogens is 414 g/mol. The zero-order valence-electron chi connectivity index (χ0n) is 19.1. The largest absolute Gasteiger partial charge is 0.497 e. The SMILES string of the molecule is C=C/C=C(/CCNC(=O)C1=C(C)C=C=C(c2ccc(C)cc2)S1)c1cc(OC)ccc1C. The highest BCUT2D eigenvalue weighted by Crippen LogP contribution is 2.37. The molecule has 1 amide bonds. The fourth-order valence-corrected chi connectivity index (χ4v) is 4.40. The summed E-state index contributed by atoms with van der Waals surface area (Å²) in [5.74, 6) is 0.751. The molecule has 164 valence electrons. The third-order valence-corrected chi connectivity index (χ3v) is 6.56. The van der Waals surface area contributed by atoms with Crippen molar-refractivity contribution in [2.75, 3.05) is 13.7 Å². The van der Waals surface area contributed by atoms with E-state index in [1.54, 1.807) is 13.2 Å². The highest BCUT2D eigenvalue weighted by atomic mass is 32.2. The lowest BCUT2D eigenvalue weighted by molar-refractivity contribution is -0.116. The van der Waals surface area contributed by atoms with Crippen LogP contribution in [0.25, 0.3) is 10.5 Å². The smallest absolute Gasteiger partial charge is 0.258 e. The van der Waals surface area contributed by atoms with Gasteiger partial charge in [0.05, 0.1) is 16.9 Å². The molecule has 1 N–H and O–H groups in total. The van der Waals surface area contributed by atoms with Gasteiger partial charge < -0.3 is 10.1 Å². The molecule has 1 heterocycles. The van der Waals surface area contributed by atoms with Crippen LogP contribution in [0.1, 0.15) is 35.6 Å². The molecule has 0 fully saturated rings. The molecule has 1 aliphatic rings. The summed E-state index contributed by atoms with van der Waals surface area (Å²) in [6, 6.07) is 14.3. The molecule has 32 heavy (non-hydrogen) atoms. The molecule has 0 spiro atoms. The molecule has 0 bridgehead atoms. The van der Waals surface area contributed by atoms with Crippen molar-refractivity contribution in [3.05, 3.63) is 106 Å². The van der Waals surface area contributed by atoms with Crippen molar-refractivity contribution in [3.8, 4) is 5.75 Å². The topological polar surface area (TPSA) is 38.3 Å². The van der Waals surface area contributed by atoms with Crippen LogP contribution in [0.2, 0.25) is 0 Å². The van der Waals surface area contributed by atoms with Gasteiger partial charge in [0, 0.05) is 6.54 Å². The Kier molecular flexibility index (Phi) is 7.99. The van der Waals surface area contributed by atoms with Gasteiger partial charge in [0.1, 0.15) is 5.75 Å². The van der Waals surface area contributed by atoms with Crippen molar-refractivity contribution in [1.82, 2.24) is 5.32 Å². The Morgan fingerprint density at radius 3 is 2.59 bits per heavy atom. The van der Waals surface area contributed by atoms with Crippen LogP contribution in [-0.2, 0) is 4.79 Å². The monoisotopic (exact) mass is 443 g/mol. The number of carbonyl (C=O) groups excluding carboxylic acids is 1. The van der Waals surface area contributed by atoms with E-state index in [0.717, 1.165) is 38.5 Å². The van der Waals surface area contributed by atoms with Gasteiger partial charge in [0.15, 0.2) is 0 Å². The van der Waals surface area contributed by atoms with E-state index in [9.17, 15) is 4.79 Å². The maximum atomic E-state index is 13.0. The normalized spacial score (nSPS) is 13.6. The van der Waals surface area contributed by atoms with E-state index in [4.69, 9.17) is 4.74 Å². The summed E-state index contributed by atoms with van der Waals surface area (Å²) in [4.78, 5) is 14.6. The number of hydrogen-bond donors (Lipinski definition) is 1. The molecule has 4 heteroatoms. The van der Waals surface area contributed by atoms with Gasteiger partial charge in [-0.15, -0.1) is 5.73 Å². The average molecular weight is 444 g/mol. The van der Waals surface area contributed by atoms with Crippen LogP contribution < -0.4 is 10.1 Å². The van der Waals surface area contributed by atoms with E-state index in [0.29, 0.717) is 17.9 Å². The summed E-state index contributed by atoms with van der Waals surface area (Å²) in [5, 5.41) is 3.09.